The second-order valence-corrected chi connectivity index (χ2v) is 9.07. The van der Waals surface area contributed by atoms with Crippen LogP contribution in [0, 0.1) is 0 Å². The number of thioether (sulfide) groups is 1. The van der Waals surface area contributed by atoms with E-state index in [1.807, 2.05) is 12.1 Å². The zero-order valence-corrected chi connectivity index (χ0v) is 16.0. The standard InChI is InChI=1S/C18H22N2O4S2/c21-18(19-9-13-25-14-16-4-3-12-24-16)15-5-7-17(8-6-15)26(22,23)20-10-1-2-11-20/h3-8,12H,1-2,9-11,13-14H2,(H,19,21). The number of sulfonamides is 1. The van der Waals surface area contributed by atoms with Crippen molar-refractivity contribution in [1.29, 1.82) is 0 Å². The van der Waals surface area contributed by atoms with E-state index in [0.717, 1.165) is 30.1 Å². The molecule has 1 saturated heterocycles. The Morgan fingerprint density at radius 3 is 2.54 bits per heavy atom. The maximum Gasteiger partial charge on any atom is 0.251 e. The van der Waals surface area contributed by atoms with Crippen molar-refractivity contribution >= 4 is 27.7 Å². The van der Waals surface area contributed by atoms with Crippen LogP contribution in [-0.2, 0) is 15.8 Å². The Kier molecular flexibility index (Phi) is 6.39. The number of hydrogen-bond donors (Lipinski definition) is 1. The number of carbonyl (C=O) groups is 1. The summed E-state index contributed by atoms with van der Waals surface area (Å²) in [6.45, 7) is 1.68. The van der Waals surface area contributed by atoms with E-state index in [9.17, 15) is 13.2 Å². The Morgan fingerprint density at radius 1 is 1.15 bits per heavy atom. The summed E-state index contributed by atoms with van der Waals surface area (Å²) in [5.74, 6) is 2.25. The SMILES string of the molecule is O=C(NCCSCc1ccco1)c1ccc(S(=O)(=O)N2CCCC2)cc1. The summed E-state index contributed by atoms with van der Waals surface area (Å²) in [5.41, 5.74) is 0.460. The predicted molar refractivity (Wildman–Crippen MR) is 102 cm³/mol. The topological polar surface area (TPSA) is 79.6 Å². The summed E-state index contributed by atoms with van der Waals surface area (Å²) in [5, 5.41) is 2.84. The third-order valence-corrected chi connectivity index (χ3v) is 7.07. The minimum absolute atomic E-state index is 0.200. The van der Waals surface area contributed by atoms with Gasteiger partial charge >= 0.3 is 0 Å². The molecule has 0 unspecified atom stereocenters. The van der Waals surface area contributed by atoms with Crippen LogP contribution in [0.3, 0.4) is 0 Å². The summed E-state index contributed by atoms with van der Waals surface area (Å²) < 4.78 is 31.7. The fourth-order valence-corrected chi connectivity index (χ4v) is 5.04. The van der Waals surface area contributed by atoms with Crippen LogP contribution in [0.5, 0.6) is 0 Å². The minimum Gasteiger partial charge on any atom is -0.468 e. The molecule has 1 N–H and O–H groups in total. The van der Waals surface area contributed by atoms with E-state index in [4.69, 9.17) is 4.42 Å². The molecule has 1 aliphatic heterocycles. The maximum absolute atomic E-state index is 12.5. The van der Waals surface area contributed by atoms with Gasteiger partial charge in [-0.05, 0) is 49.2 Å². The van der Waals surface area contributed by atoms with Gasteiger partial charge in [-0.15, -0.1) is 0 Å². The molecule has 0 aliphatic carbocycles. The van der Waals surface area contributed by atoms with Crippen LogP contribution in [-0.4, -0.2) is 44.0 Å². The van der Waals surface area contributed by atoms with Crippen LogP contribution in [0.1, 0.15) is 29.0 Å². The first-order valence-corrected chi connectivity index (χ1v) is 11.2. The molecule has 2 aromatic rings. The Labute approximate surface area is 158 Å². The largest absolute Gasteiger partial charge is 0.468 e. The molecule has 3 rings (SSSR count). The van der Waals surface area contributed by atoms with Crippen LogP contribution in [0.25, 0.3) is 0 Å². The molecular formula is C18H22N2O4S2. The van der Waals surface area contributed by atoms with Gasteiger partial charge in [0.05, 0.1) is 16.9 Å². The molecule has 0 saturated carbocycles. The molecule has 1 aromatic heterocycles. The van der Waals surface area contributed by atoms with Crippen molar-refractivity contribution in [3.63, 3.8) is 0 Å². The smallest absolute Gasteiger partial charge is 0.251 e. The zero-order chi connectivity index (χ0) is 18.4. The third kappa shape index (κ3) is 4.69. The van der Waals surface area contributed by atoms with Gasteiger partial charge in [-0.3, -0.25) is 4.79 Å². The van der Waals surface area contributed by atoms with Gasteiger partial charge in [0, 0.05) is 31.0 Å². The number of benzene rings is 1. The summed E-state index contributed by atoms with van der Waals surface area (Å²) in [6, 6.07) is 9.92. The second-order valence-electron chi connectivity index (χ2n) is 6.02. The fourth-order valence-electron chi connectivity index (χ4n) is 2.76. The quantitative estimate of drug-likeness (QED) is 0.697. The van der Waals surface area contributed by atoms with Crippen molar-refractivity contribution in [1.82, 2.24) is 9.62 Å². The van der Waals surface area contributed by atoms with E-state index < -0.39 is 10.0 Å². The molecule has 0 radical (unpaired) electrons. The molecule has 1 fully saturated rings. The van der Waals surface area contributed by atoms with E-state index in [0.29, 0.717) is 25.2 Å². The first-order chi connectivity index (χ1) is 12.6. The van der Waals surface area contributed by atoms with Crippen molar-refractivity contribution < 1.29 is 17.6 Å². The Hall–Kier alpha value is -1.77. The van der Waals surface area contributed by atoms with Gasteiger partial charge in [0.1, 0.15) is 5.76 Å². The van der Waals surface area contributed by atoms with Crippen molar-refractivity contribution in [2.24, 2.45) is 0 Å². The molecule has 2 heterocycles. The van der Waals surface area contributed by atoms with Crippen molar-refractivity contribution in [3.05, 3.63) is 54.0 Å². The number of nitrogens with zero attached hydrogens (tertiary/aromatic N) is 1. The molecule has 8 heteroatoms. The van der Waals surface area contributed by atoms with Crippen LogP contribution >= 0.6 is 11.8 Å². The molecular weight excluding hydrogens is 372 g/mol. The van der Waals surface area contributed by atoms with Gasteiger partial charge in [-0.2, -0.15) is 16.1 Å². The Balaban J connectivity index is 1.47. The molecule has 26 heavy (non-hydrogen) atoms. The first-order valence-electron chi connectivity index (χ1n) is 8.56. The van der Waals surface area contributed by atoms with Crippen LogP contribution in [0.15, 0.2) is 52.0 Å². The summed E-state index contributed by atoms with van der Waals surface area (Å²) in [7, 11) is -3.44. The highest BCUT2D eigenvalue weighted by Crippen LogP contribution is 2.21. The number of carbonyl (C=O) groups excluding carboxylic acids is 1. The highest BCUT2D eigenvalue weighted by atomic mass is 32.2. The fraction of sp³-hybridized carbons (Fsp3) is 0.389. The van der Waals surface area contributed by atoms with Gasteiger partial charge in [0.15, 0.2) is 0 Å². The van der Waals surface area contributed by atoms with Gasteiger partial charge < -0.3 is 9.73 Å². The summed E-state index contributed by atoms with van der Waals surface area (Å²) in [6.07, 6.45) is 3.45. The van der Waals surface area contributed by atoms with Gasteiger partial charge in [0.2, 0.25) is 10.0 Å². The zero-order valence-electron chi connectivity index (χ0n) is 14.4. The van der Waals surface area contributed by atoms with E-state index >= 15 is 0 Å². The highest BCUT2D eigenvalue weighted by Gasteiger charge is 2.27. The van der Waals surface area contributed by atoms with Crippen LogP contribution in [0.2, 0.25) is 0 Å². The first kappa shape index (κ1) is 19.0. The van der Waals surface area contributed by atoms with E-state index in [-0.39, 0.29) is 10.8 Å². The Morgan fingerprint density at radius 2 is 1.88 bits per heavy atom. The van der Waals surface area contributed by atoms with Gasteiger partial charge in [-0.25, -0.2) is 8.42 Å². The van der Waals surface area contributed by atoms with Crippen LogP contribution < -0.4 is 5.32 Å². The monoisotopic (exact) mass is 394 g/mol. The van der Waals surface area contributed by atoms with Crippen LogP contribution in [0.4, 0.5) is 0 Å². The molecule has 1 amide bonds. The molecule has 1 aromatic carbocycles. The lowest BCUT2D eigenvalue weighted by molar-refractivity contribution is 0.0956. The normalized spacial score (nSPS) is 15.2. The van der Waals surface area contributed by atoms with Crippen molar-refractivity contribution in [2.75, 3.05) is 25.4 Å². The molecule has 1 aliphatic rings. The van der Waals surface area contributed by atoms with Crippen molar-refractivity contribution in [3.8, 4) is 0 Å². The lowest BCUT2D eigenvalue weighted by Gasteiger charge is -2.15. The summed E-state index contributed by atoms with van der Waals surface area (Å²) >= 11 is 1.67. The van der Waals surface area contributed by atoms with E-state index in [1.165, 1.54) is 16.4 Å². The molecule has 0 spiro atoms. The van der Waals surface area contributed by atoms with E-state index in [1.54, 1.807) is 30.2 Å². The van der Waals surface area contributed by atoms with Gasteiger partial charge in [-0.1, -0.05) is 0 Å². The number of hydrogen-bond acceptors (Lipinski definition) is 5. The molecule has 0 atom stereocenters. The van der Waals surface area contributed by atoms with E-state index in [2.05, 4.69) is 5.32 Å². The molecule has 6 nitrogen and oxygen atoms in total. The van der Waals surface area contributed by atoms with Gasteiger partial charge in [0.25, 0.3) is 5.91 Å². The number of furan rings is 1. The lowest BCUT2D eigenvalue weighted by atomic mass is 10.2. The number of amides is 1. The average molecular weight is 395 g/mol. The molecule has 140 valence electrons. The van der Waals surface area contributed by atoms with Crippen molar-refractivity contribution in [2.45, 2.75) is 23.5 Å². The predicted octanol–water partition coefficient (Wildman–Crippen LogP) is 2.73. The number of rotatable bonds is 8. The molecule has 0 bridgehead atoms. The summed E-state index contributed by atoms with van der Waals surface area (Å²) in [4.78, 5) is 12.4. The second kappa shape index (κ2) is 8.75. The average Bonchev–Trinajstić information content (AvgIpc) is 3.35. The maximum atomic E-state index is 12.5. The minimum atomic E-state index is -3.44. The Bertz CT molecular complexity index is 811. The highest BCUT2D eigenvalue weighted by molar-refractivity contribution is 7.98. The number of nitrogens with one attached hydrogen (secondary N) is 1. The third-order valence-electron chi connectivity index (χ3n) is 4.18. The lowest BCUT2D eigenvalue weighted by Crippen LogP contribution is -2.28.